The lowest BCUT2D eigenvalue weighted by molar-refractivity contribution is 0.0471. The van der Waals surface area contributed by atoms with Crippen molar-refractivity contribution in [2.45, 2.75) is 65.0 Å². The van der Waals surface area contributed by atoms with Crippen LogP contribution in [-0.2, 0) is 0 Å². The number of rotatable bonds is 2. The molecule has 2 nitrogen and oxygen atoms in total. The molecule has 3 unspecified atom stereocenters. The molecule has 0 aromatic carbocycles. The van der Waals surface area contributed by atoms with Gasteiger partial charge in [-0.15, -0.1) is 0 Å². The van der Waals surface area contributed by atoms with Crippen LogP contribution in [-0.4, -0.2) is 36.6 Å². The Morgan fingerprint density at radius 1 is 1.12 bits per heavy atom. The van der Waals surface area contributed by atoms with E-state index in [9.17, 15) is 0 Å². The van der Waals surface area contributed by atoms with Crippen molar-refractivity contribution in [3.63, 3.8) is 0 Å². The summed E-state index contributed by atoms with van der Waals surface area (Å²) in [6.07, 6.45) is 7.24. The molecule has 0 aromatic heterocycles. The van der Waals surface area contributed by atoms with Gasteiger partial charge in [-0.3, -0.25) is 4.90 Å². The van der Waals surface area contributed by atoms with Gasteiger partial charge in [0.1, 0.15) is 0 Å². The molecule has 17 heavy (non-hydrogen) atoms. The predicted molar refractivity (Wildman–Crippen MR) is 74.2 cm³/mol. The second-order valence-electron chi connectivity index (χ2n) is 6.44. The normalized spacial score (nSPS) is 37.1. The highest BCUT2D eigenvalue weighted by molar-refractivity contribution is 4.89. The smallest absolute Gasteiger partial charge is 0.0247 e. The first-order valence-corrected chi connectivity index (χ1v) is 7.66. The maximum Gasteiger partial charge on any atom is 0.0247 e. The Balaban J connectivity index is 2.05. The molecule has 0 aromatic rings. The summed E-state index contributed by atoms with van der Waals surface area (Å²) in [4.78, 5) is 2.84. The average Bonchev–Trinajstić information content (AvgIpc) is 2.54. The molecule has 100 valence electrons. The molecule has 1 saturated carbocycles. The lowest BCUT2D eigenvalue weighted by atomic mass is 9.90. The van der Waals surface area contributed by atoms with Crippen LogP contribution in [0, 0.1) is 11.8 Å². The SMILES string of the molecule is CC(C)C1CNCCN1C1CCCCCC1C. The summed E-state index contributed by atoms with van der Waals surface area (Å²) >= 11 is 0. The quantitative estimate of drug-likeness (QED) is 0.744. The Bertz CT molecular complexity index is 227. The minimum atomic E-state index is 0.759. The van der Waals surface area contributed by atoms with E-state index in [1.54, 1.807) is 0 Å². The van der Waals surface area contributed by atoms with Crippen LogP contribution >= 0.6 is 0 Å². The van der Waals surface area contributed by atoms with Gasteiger partial charge in [-0.05, 0) is 24.7 Å². The van der Waals surface area contributed by atoms with Gasteiger partial charge in [-0.1, -0.05) is 40.0 Å². The fraction of sp³-hybridized carbons (Fsp3) is 1.00. The van der Waals surface area contributed by atoms with E-state index in [2.05, 4.69) is 31.0 Å². The minimum Gasteiger partial charge on any atom is -0.314 e. The van der Waals surface area contributed by atoms with E-state index < -0.39 is 0 Å². The molecule has 1 N–H and O–H groups in total. The van der Waals surface area contributed by atoms with E-state index in [4.69, 9.17) is 0 Å². The first-order chi connectivity index (χ1) is 8.20. The van der Waals surface area contributed by atoms with Crippen molar-refractivity contribution < 1.29 is 0 Å². The number of nitrogens with one attached hydrogen (secondary N) is 1. The average molecular weight is 238 g/mol. The molecular weight excluding hydrogens is 208 g/mol. The third kappa shape index (κ3) is 3.23. The topological polar surface area (TPSA) is 15.3 Å². The van der Waals surface area contributed by atoms with Gasteiger partial charge in [-0.2, -0.15) is 0 Å². The zero-order valence-electron chi connectivity index (χ0n) is 11.9. The number of piperazine rings is 1. The highest BCUT2D eigenvalue weighted by Crippen LogP contribution is 2.30. The molecule has 2 fully saturated rings. The third-order valence-electron chi connectivity index (χ3n) is 4.84. The molecule has 0 radical (unpaired) electrons. The molecule has 0 spiro atoms. The van der Waals surface area contributed by atoms with E-state index in [0.717, 1.165) is 23.9 Å². The highest BCUT2D eigenvalue weighted by atomic mass is 15.2. The Hall–Kier alpha value is -0.0800. The van der Waals surface area contributed by atoms with Crippen LogP contribution in [0.5, 0.6) is 0 Å². The zero-order chi connectivity index (χ0) is 12.3. The molecule has 3 atom stereocenters. The van der Waals surface area contributed by atoms with Crippen LogP contribution in [0.15, 0.2) is 0 Å². The van der Waals surface area contributed by atoms with Gasteiger partial charge in [0.05, 0.1) is 0 Å². The van der Waals surface area contributed by atoms with Crippen molar-refractivity contribution >= 4 is 0 Å². The predicted octanol–water partition coefficient (Wildman–Crippen LogP) is 2.89. The van der Waals surface area contributed by atoms with Crippen LogP contribution < -0.4 is 5.32 Å². The van der Waals surface area contributed by atoms with Gasteiger partial charge in [0.2, 0.25) is 0 Å². The van der Waals surface area contributed by atoms with E-state index in [-0.39, 0.29) is 0 Å². The Morgan fingerprint density at radius 2 is 1.88 bits per heavy atom. The summed E-state index contributed by atoms with van der Waals surface area (Å²) in [6.45, 7) is 10.9. The molecule has 1 aliphatic carbocycles. The van der Waals surface area contributed by atoms with E-state index in [1.165, 1.54) is 51.7 Å². The molecule has 1 aliphatic heterocycles. The summed E-state index contributed by atoms with van der Waals surface area (Å²) in [7, 11) is 0. The molecule has 0 bridgehead atoms. The Kier molecular flexibility index (Phi) is 4.87. The molecule has 2 aliphatic rings. The second kappa shape index (κ2) is 6.19. The van der Waals surface area contributed by atoms with Crippen molar-refractivity contribution in [3.05, 3.63) is 0 Å². The fourth-order valence-corrected chi connectivity index (χ4v) is 3.74. The number of nitrogens with zero attached hydrogens (tertiary/aromatic N) is 1. The van der Waals surface area contributed by atoms with Crippen molar-refractivity contribution in [1.29, 1.82) is 0 Å². The van der Waals surface area contributed by atoms with Crippen LogP contribution in [0.3, 0.4) is 0 Å². The molecular formula is C15H30N2. The van der Waals surface area contributed by atoms with Crippen molar-refractivity contribution in [2.24, 2.45) is 11.8 Å². The molecule has 1 saturated heterocycles. The van der Waals surface area contributed by atoms with Crippen molar-refractivity contribution in [1.82, 2.24) is 10.2 Å². The first-order valence-electron chi connectivity index (χ1n) is 7.66. The van der Waals surface area contributed by atoms with E-state index in [1.807, 2.05) is 0 Å². The van der Waals surface area contributed by atoms with Crippen LogP contribution in [0.25, 0.3) is 0 Å². The zero-order valence-corrected chi connectivity index (χ0v) is 11.9. The fourth-order valence-electron chi connectivity index (χ4n) is 3.74. The Labute approximate surface area is 107 Å². The van der Waals surface area contributed by atoms with Gasteiger partial charge in [0, 0.05) is 31.7 Å². The summed E-state index contributed by atoms with van der Waals surface area (Å²) in [5, 5.41) is 3.57. The number of hydrogen-bond donors (Lipinski definition) is 1. The van der Waals surface area contributed by atoms with Gasteiger partial charge < -0.3 is 5.32 Å². The van der Waals surface area contributed by atoms with Gasteiger partial charge in [-0.25, -0.2) is 0 Å². The third-order valence-corrected chi connectivity index (χ3v) is 4.84. The summed E-state index contributed by atoms with van der Waals surface area (Å²) in [6, 6.07) is 1.61. The molecule has 0 amide bonds. The van der Waals surface area contributed by atoms with Gasteiger partial charge in [0.25, 0.3) is 0 Å². The van der Waals surface area contributed by atoms with E-state index >= 15 is 0 Å². The standard InChI is InChI=1S/C15H30N2/c1-12(2)15-11-16-9-10-17(15)14-8-6-4-5-7-13(14)3/h12-16H,4-11H2,1-3H3. The maximum absolute atomic E-state index is 3.57. The van der Waals surface area contributed by atoms with Crippen LogP contribution in [0.4, 0.5) is 0 Å². The van der Waals surface area contributed by atoms with E-state index in [0.29, 0.717) is 0 Å². The van der Waals surface area contributed by atoms with Crippen LogP contribution in [0.2, 0.25) is 0 Å². The summed E-state index contributed by atoms with van der Waals surface area (Å²) in [5.74, 6) is 1.68. The largest absolute Gasteiger partial charge is 0.314 e. The Morgan fingerprint density at radius 3 is 2.65 bits per heavy atom. The minimum absolute atomic E-state index is 0.759. The van der Waals surface area contributed by atoms with Crippen LogP contribution in [0.1, 0.15) is 52.9 Å². The van der Waals surface area contributed by atoms with Gasteiger partial charge in [0.15, 0.2) is 0 Å². The molecule has 1 heterocycles. The first kappa shape index (κ1) is 13.4. The second-order valence-corrected chi connectivity index (χ2v) is 6.44. The lowest BCUT2D eigenvalue weighted by Gasteiger charge is -2.45. The molecule has 2 heteroatoms. The summed E-state index contributed by atoms with van der Waals surface area (Å²) < 4.78 is 0. The lowest BCUT2D eigenvalue weighted by Crippen LogP contribution is -2.58. The van der Waals surface area contributed by atoms with Gasteiger partial charge >= 0.3 is 0 Å². The van der Waals surface area contributed by atoms with Crippen molar-refractivity contribution in [2.75, 3.05) is 19.6 Å². The monoisotopic (exact) mass is 238 g/mol. The maximum atomic E-state index is 3.57. The summed E-state index contributed by atoms with van der Waals surface area (Å²) in [5.41, 5.74) is 0. The van der Waals surface area contributed by atoms with Crippen molar-refractivity contribution in [3.8, 4) is 0 Å². The highest BCUT2D eigenvalue weighted by Gasteiger charge is 2.33. The molecule has 2 rings (SSSR count). The number of hydrogen-bond acceptors (Lipinski definition) is 2.